The Kier molecular flexibility index (Phi) is 7.00. The number of rotatable bonds is 8. The molecular formula is C14H21NO5. The van der Waals surface area contributed by atoms with Crippen LogP contribution in [0.4, 0.5) is 0 Å². The zero-order valence-corrected chi connectivity index (χ0v) is 12.0. The number of benzene rings is 1. The lowest BCUT2D eigenvalue weighted by molar-refractivity contribution is -0.181. The predicted molar refractivity (Wildman–Crippen MR) is 72.8 cm³/mol. The van der Waals surface area contributed by atoms with E-state index in [1.807, 2.05) is 0 Å². The Labute approximate surface area is 118 Å². The van der Waals surface area contributed by atoms with E-state index in [9.17, 15) is 4.79 Å². The van der Waals surface area contributed by atoms with Gasteiger partial charge in [-0.2, -0.15) is 0 Å². The summed E-state index contributed by atoms with van der Waals surface area (Å²) in [4.78, 5) is 17.3. The van der Waals surface area contributed by atoms with Gasteiger partial charge in [0.2, 0.25) is 0 Å². The average molecular weight is 283 g/mol. The van der Waals surface area contributed by atoms with Crippen LogP contribution in [0.25, 0.3) is 0 Å². The van der Waals surface area contributed by atoms with Crippen LogP contribution in [0.15, 0.2) is 24.3 Å². The lowest BCUT2D eigenvalue weighted by Crippen LogP contribution is -2.43. The molecule has 0 aliphatic rings. The van der Waals surface area contributed by atoms with Gasteiger partial charge in [0.15, 0.2) is 0 Å². The molecule has 0 aromatic heterocycles. The maximum Gasteiger partial charge on any atom is 0.326 e. The Bertz CT molecular complexity index is 407. The van der Waals surface area contributed by atoms with Gasteiger partial charge in [-0.3, -0.25) is 4.79 Å². The van der Waals surface area contributed by atoms with Crippen LogP contribution in [-0.2, 0) is 20.9 Å². The van der Waals surface area contributed by atoms with Gasteiger partial charge in [0, 0.05) is 7.11 Å². The number of carbonyl (C=O) groups excluding carboxylic acids is 1. The fourth-order valence-electron chi connectivity index (χ4n) is 1.52. The molecule has 0 saturated carbocycles. The minimum atomic E-state index is -0.590. The Balaban J connectivity index is 2.72. The molecule has 0 saturated heterocycles. The summed E-state index contributed by atoms with van der Waals surface area (Å²) in [6.45, 7) is 3.84. The van der Waals surface area contributed by atoms with Crippen molar-refractivity contribution in [1.82, 2.24) is 5.06 Å². The zero-order chi connectivity index (χ0) is 15.0. The number of hydroxylamine groups is 2. The molecule has 0 fully saturated rings. The molecule has 0 aliphatic heterocycles. The molecule has 0 heterocycles. The molecule has 1 unspecified atom stereocenters. The normalized spacial score (nSPS) is 12.2. The van der Waals surface area contributed by atoms with E-state index in [0.717, 1.165) is 5.56 Å². The van der Waals surface area contributed by atoms with Gasteiger partial charge in [0.05, 0.1) is 13.2 Å². The molecule has 6 nitrogen and oxygen atoms in total. The summed E-state index contributed by atoms with van der Waals surface area (Å²) in [5.41, 5.74) is 0.786. The fourth-order valence-corrected chi connectivity index (χ4v) is 1.52. The number of aliphatic hydroxyl groups is 1. The minimum absolute atomic E-state index is 0.0265. The lowest BCUT2D eigenvalue weighted by Gasteiger charge is -2.26. The van der Waals surface area contributed by atoms with Crippen LogP contribution in [0.1, 0.15) is 19.4 Å². The summed E-state index contributed by atoms with van der Waals surface area (Å²) in [6, 6.07) is 6.33. The Morgan fingerprint density at radius 3 is 2.50 bits per heavy atom. The third kappa shape index (κ3) is 4.80. The molecule has 0 radical (unpaired) electrons. The Hall–Kier alpha value is -1.63. The molecule has 0 spiro atoms. The smallest absolute Gasteiger partial charge is 0.326 e. The van der Waals surface area contributed by atoms with E-state index < -0.39 is 6.04 Å². The fraction of sp³-hybridized carbons (Fsp3) is 0.500. The van der Waals surface area contributed by atoms with Crippen molar-refractivity contribution in [3.05, 3.63) is 29.8 Å². The van der Waals surface area contributed by atoms with Crippen molar-refractivity contribution in [1.29, 1.82) is 0 Å². The van der Waals surface area contributed by atoms with Crippen molar-refractivity contribution in [3.8, 4) is 5.75 Å². The summed E-state index contributed by atoms with van der Waals surface area (Å²) >= 11 is 0. The molecule has 1 atom stereocenters. The first kappa shape index (κ1) is 16.4. The van der Waals surface area contributed by atoms with Crippen LogP contribution >= 0.6 is 0 Å². The number of aliphatic hydroxyl groups excluding tert-OH is 1. The predicted octanol–water partition coefficient (Wildman–Crippen LogP) is 1.33. The zero-order valence-electron chi connectivity index (χ0n) is 12.0. The third-order valence-electron chi connectivity index (χ3n) is 2.64. The number of esters is 1. The van der Waals surface area contributed by atoms with E-state index in [-0.39, 0.29) is 19.3 Å². The summed E-state index contributed by atoms with van der Waals surface area (Å²) in [6.07, 6.45) is 0. The molecular weight excluding hydrogens is 262 g/mol. The van der Waals surface area contributed by atoms with E-state index >= 15 is 0 Å². The summed E-state index contributed by atoms with van der Waals surface area (Å²) in [5.74, 6) is 0.173. The SMILES string of the molecule is CCOC(=O)C(C)N(COC)Oc1ccc(CO)cc1. The molecule has 0 aliphatic carbocycles. The van der Waals surface area contributed by atoms with Crippen molar-refractivity contribution >= 4 is 5.97 Å². The van der Waals surface area contributed by atoms with Gasteiger partial charge >= 0.3 is 5.97 Å². The van der Waals surface area contributed by atoms with Gasteiger partial charge in [-0.05, 0) is 31.5 Å². The van der Waals surface area contributed by atoms with Crippen LogP contribution < -0.4 is 4.84 Å². The first-order valence-electron chi connectivity index (χ1n) is 6.42. The molecule has 1 aromatic rings. The maximum atomic E-state index is 11.7. The molecule has 0 amide bonds. The topological polar surface area (TPSA) is 68.2 Å². The number of methoxy groups -OCH3 is 1. The van der Waals surface area contributed by atoms with E-state index in [1.54, 1.807) is 38.1 Å². The standard InChI is InChI=1S/C14H21NO5/c1-4-19-14(17)11(2)15(10-18-3)20-13-7-5-12(9-16)6-8-13/h5-8,11,16H,4,9-10H2,1-3H3. The molecule has 112 valence electrons. The Morgan fingerprint density at radius 1 is 1.35 bits per heavy atom. The number of ether oxygens (including phenoxy) is 2. The highest BCUT2D eigenvalue weighted by molar-refractivity contribution is 5.75. The van der Waals surface area contributed by atoms with Gasteiger partial charge in [-0.25, -0.2) is 0 Å². The second-order valence-electron chi connectivity index (χ2n) is 4.16. The van der Waals surface area contributed by atoms with Crippen molar-refractivity contribution in [3.63, 3.8) is 0 Å². The molecule has 0 bridgehead atoms. The van der Waals surface area contributed by atoms with Crippen LogP contribution in [0.3, 0.4) is 0 Å². The molecule has 1 N–H and O–H groups in total. The third-order valence-corrected chi connectivity index (χ3v) is 2.64. The average Bonchev–Trinajstić information content (AvgIpc) is 2.47. The van der Waals surface area contributed by atoms with Crippen LogP contribution in [0.5, 0.6) is 5.75 Å². The highest BCUT2D eigenvalue weighted by Crippen LogP contribution is 2.15. The molecule has 1 aromatic carbocycles. The van der Waals surface area contributed by atoms with Gasteiger partial charge < -0.3 is 19.4 Å². The summed E-state index contributed by atoms with van der Waals surface area (Å²) in [5, 5.41) is 10.4. The first-order chi connectivity index (χ1) is 9.62. The van der Waals surface area contributed by atoms with Gasteiger partial charge in [-0.15, -0.1) is 5.06 Å². The maximum absolute atomic E-state index is 11.7. The summed E-state index contributed by atoms with van der Waals surface area (Å²) < 4.78 is 9.98. The second kappa shape index (κ2) is 8.52. The van der Waals surface area contributed by atoms with Gasteiger partial charge in [-0.1, -0.05) is 12.1 Å². The largest absolute Gasteiger partial charge is 0.465 e. The van der Waals surface area contributed by atoms with E-state index in [4.69, 9.17) is 19.4 Å². The highest BCUT2D eigenvalue weighted by atomic mass is 16.7. The molecule has 1 rings (SSSR count). The van der Waals surface area contributed by atoms with Crippen molar-refractivity contribution in [2.45, 2.75) is 26.5 Å². The first-order valence-corrected chi connectivity index (χ1v) is 6.42. The van der Waals surface area contributed by atoms with Crippen LogP contribution in [-0.4, -0.2) is 42.6 Å². The van der Waals surface area contributed by atoms with Crippen LogP contribution in [0, 0.1) is 0 Å². The quantitative estimate of drug-likeness (QED) is 0.441. The molecule has 6 heteroatoms. The lowest BCUT2D eigenvalue weighted by atomic mass is 10.2. The number of nitrogens with zero attached hydrogens (tertiary/aromatic N) is 1. The van der Waals surface area contributed by atoms with Crippen molar-refractivity contribution in [2.24, 2.45) is 0 Å². The number of carbonyl (C=O) groups is 1. The van der Waals surface area contributed by atoms with Gasteiger partial charge in [0.25, 0.3) is 0 Å². The summed E-state index contributed by atoms with van der Waals surface area (Å²) in [7, 11) is 1.52. The van der Waals surface area contributed by atoms with Gasteiger partial charge in [0.1, 0.15) is 18.5 Å². The highest BCUT2D eigenvalue weighted by Gasteiger charge is 2.24. The van der Waals surface area contributed by atoms with E-state index in [1.165, 1.54) is 12.2 Å². The second-order valence-corrected chi connectivity index (χ2v) is 4.16. The van der Waals surface area contributed by atoms with E-state index in [0.29, 0.717) is 12.4 Å². The number of hydrogen-bond acceptors (Lipinski definition) is 6. The monoisotopic (exact) mass is 283 g/mol. The van der Waals surface area contributed by atoms with E-state index in [2.05, 4.69) is 0 Å². The van der Waals surface area contributed by atoms with Crippen molar-refractivity contribution < 1.29 is 24.2 Å². The molecule has 20 heavy (non-hydrogen) atoms. The minimum Gasteiger partial charge on any atom is -0.465 e. The number of hydrogen-bond donors (Lipinski definition) is 1. The Morgan fingerprint density at radius 2 is 2.00 bits per heavy atom. The van der Waals surface area contributed by atoms with Crippen molar-refractivity contribution in [2.75, 3.05) is 20.4 Å². The van der Waals surface area contributed by atoms with Crippen LogP contribution in [0.2, 0.25) is 0 Å².